The topological polar surface area (TPSA) is 106 Å². The fourth-order valence-electron chi connectivity index (χ4n) is 3.12. The van der Waals surface area contributed by atoms with E-state index in [4.69, 9.17) is 5.11 Å². The maximum Gasteiger partial charge on any atom is 0.323 e. The SMILES string of the molecule is O=C1NC2N=C(c3cnn(Cc4cccc(F)c4)c3)N(O)C2=CN1CCCO. The lowest BCUT2D eigenvalue weighted by Crippen LogP contribution is -2.48. The number of aromatic nitrogens is 2. The monoisotopic (exact) mass is 386 g/mol. The average molecular weight is 386 g/mol. The minimum absolute atomic E-state index is 0.0362. The number of fused-ring (bicyclic) bond motifs is 1. The molecule has 28 heavy (non-hydrogen) atoms. The maximum absolute atomic E-state index is 13.3. The van der Waals surface area contributed by atoms with Crippen LogP contribution in [-0.4, -0.2) is 61.2 Å². The zero-order chi connectivity index (χ0) is 19.7. The highest BCUT2D eigenvalue weighted by Gasteiger charge is 2.37. The highest BCUT2D eigenvalue weighted by Crippen LogP contribution is 2.25. The number of aliphatic imine (C=N–C) groups is 1. The molecule has 3 N–H and O–H groups in total. The molecule has 146 valence electrons. The van der Waals surface area contributed by atoms with Gasteiger partial charge in [0.1, 0.15) is 11.5 Å². The summed E-state index contributed by atoms with van der Waals surface area (Å²) >= 11 is 0. The minimum Gasteiger partial charge on any atom is -0.396 e. The Hall–Kier alpha value is -3.24. The third kappa shape index (κ3) is 3.47. The molecule has 2 amide bonds. The van der Waals surface area contributed by atoms with Gasteiger partial charge in [0, 0.05) is 25.5 Å². The van der Waals surface area contributed by atoms with Crippen LogP contribution in [0.1, 0.15) is 17.5 Å². The maximum atomic E-state index is 13.3. The first-order valence-corrected chi connectivity index (χ1v) is 8.79. The molecule has 0 saturated carbocycles. The third-order valence-electron chi connectivity index (χ3n) is 4.47. The number of rotatable bonds is 6. The Morgan fingerprint density at radius 2 is 2.18 bits per heavy atom. The molecule has 2 aliphatic rings. The number of nitrogens with zero attached hydrogens (tertiary/aromatic N) is 5. The second kappa shape index (κ2) is 7.41. The number of hydrogen-bond donors (Lipinski definition) is 3. The van der Waals surface area contributed by atoms with Crippen LogP contribution in [0.2, 0.25) is 0 Å². The van der Waals surface area contributed by atoms with Crippen molar-refractivity contribution < 1.29 is 19.5 Å². The molecule has 9 nitrogen and oxygen atoms in total. The van der Waals surface area contributed by atoms with Crippen molar-refractivity contribution in [2.75, 3.05) is 13.2 Å². The summed E-state index contributed by atoms with van der Waals surface area (Å²) in [7, 11) is 0. The number of nitrogens with one attached hydrogen (secondary N) is 1. The number of hydrogen-bond acceptors (Lipinski definition) is 6. The number of carbonyl (C=O) groups is 1. The van der Waals surface area contributed by atoms with Crippen molar-refractivity contribution in [2.24, 2.45) is 4.99 Å². The second-order valence-corrected chi connectivity index (χ2v) is 6.50. The summed E-state index contributed by atoms with van der Waals surface area (Å²) in [5, 5.41) is 27.3. The van der Waals surface area contributed by atoms with E-state index < -0.39 is 6.17 Å². The molecule has 0 aliphatic carbocycles. The normalized spacial score (nSPS) is 18.7. The predicted molar refractivity (Wildman–Crippen MR) is 96.7 cm³/mol. The molecule has 0 bridgehead atoms. The van der Waals surface area contributed by atoms with Crippen molar-refractivity contribution in [3.8, 4) is 0 Å². The highest BCUT2D eigenvalue weighted by atomic mass is 19.1. The van der Waals surface area contributed by atoms with E-state index in [0.29, 0.717) is 30.8 Å². The molecule has 1 aromatic heterocycles. The van der Waals surface area contributed by atoms with Gasteiger partial charge in [0.2, 0.25) is 0 Å². The first-order valence-electron chi connectivity index (χ1n) is 8.79. The quantitative estimate of drug-likeness (QED) is 0.689. The van der Waals surface area contributed by atoms with Crippen LogP contribution in [0.15, 0.2) is 53.5 Å². The van der Waals surface area contributed by atoms with E-state index in [2.05, 4.69) is 15.4 Å². The number of hydroxylamine groups is 2. The van der Waals surface area contributed by atoms with Crippen molar-refractivity contribution in [2.45, 2.75) is 19.1 Å². The number of aliphatic hydroxyl groups excluding tert-OH is 1. The Morgan fingerprint density at radius 3 is 2.96 bits per heavy atom. The molecule has 10 heteroatoms. The largest absolute Gasteiger partial charge is 0.396 e. The molecular weight excluding hydrogens is 367 g/mol. The van der Waals surface area contributed by atoms with E-state index in [-0.39, 0.29) is 24.3 Å². The Kier molecular flexibility index (Phi) is 4.80. The first-order chi connectivity index (χ1) is 13.5. The van der Waals surface area contributed by atoms with Crippen LogP contribution >= 0.6 is 0 Å². The number of amidine groups is 1. The lowest BCUT2D eigenvalue weighted by Gasteiger charge is -2.28. The fraction of sp³-hybridized carbons (Fsp3) is 0.278. The van der Waals surface area contributed by atoms with Gasteiger partial charge in [-0.05, 0) is 24.1 Å². The zero-order valence-electron chi connectivity index (χ0n) is 14.9. The van der Waals surface area contributed by atoms with Gasteiger partial charge in [-0.15, -0.1) is 0 Å². The molecule has 3 heterocycles. The van der Waals surface area contributed by atoms with Gasteiger partial charge in [-0.1, -0.05) is 12.1 Å². The second-order valence-electron chi connectivity index (χ2n) is 6.50. The van der Waals surface area contributed by atoms with Gasteiger partial charge >= 0.3 is 6.03 Å². The summed E-state index contributed by atoms with van der Waals surface area (Å²) in [6.45, 7) is 0.660. The summed E-state index contributed by atoms with van der Waals surface area (Å²) in [5.41, 5.74) is 1.72. The van der Waals surface area contributed by atoms with Gasteiger partial charge in [-0.3, -0.25) is 14.8 Å². The molecule has 2 aromatic rings. The summed E-state index contributed by atoms with van der Waals surface area (Å²) in [5.74, 6) is -0.0601. The number of urea groups is 1. The molecule has 0 fully saturated rings. The molecule has 0 radical (unpaired) electrons. The van der Waals surface area contributed by atoms with Crippen molar-refractivity contribution in [3.63, 3.8) is 0 Å². The number of halogens is 1. The number of aliphatic hydroxyl groups is 1. The molecule has 0 saturated heterocycles. The van der Waals surface area contributed by atoms with Gasteiger partial charge in [0.05, 0.1) is 18.3 Å². The highest BCUT2D eigenvalue weighted by molar-refractivity contribution is 6.01. The fourth-order valence-corrected chi connectivity index (χ4v) is 3.12. The van der Waals surface area contributed by atoms with Crippen LogP contribution in [0.5, 0.6) is 0 Å². The van der Waals surface area contributed by atoms with Gasteiger partial charge in [0.15, 0.2) is 12.0 Å². The van der Waals surface area contributed by atoms with Crippen LogP contribution in [0, 0.1) is 5.82 Å². The standard InChI is InChI=1S/C18H19FN6O3/c19-14-4-1-3-12(7-14)9-24-10-13(8-20-24)17-21-16-15(25(17)28)11-23(5-2-6-26)18(27)22-16/h1,3-4,7-8,10-11,16,26,28H,2,5-6,9H2,(H,22,27). The van der Waals surface area contributed by atoms with E-state index in [1.165, 1.54) is 23.2 Å². The summed E-state index contributed by atoms with van der Waals surface area (Å²) in [6, 6.07) is 5.90. The molecule has 1 aromatic carbocycles. The minimum atomic E-state index is -0.690. The van der Waals surface area contributed by atoms with Gasteiger partial charge < -0.3 is 10.4 Å². The molecule has 4 rings (SSSR count). The van der Waals surface area contributed by atoms with Gasteiger partial charge in [-0.25, -0.2) is 19.2 Å². The van der Waals surface area contributed by atoms with Crippen molar-refractivity contribution in [3.05, 3.63) is 65.5 Å². The molecule has 0 spiro atoms. The van der Waals surface area contributed by atoms with Crippen molar-refractivity contribution in [1.29, 1.82) is 0 Å². The molecular formula is C18H19FN6O3. The van der Waals surface area contributed by atoms with E-state index in [1.54, 1.807) is 29.2 Å². The summed E-state index contributed by atoms with van der Waals surface area (Å²) in [6.07, 6.45) is 4.49. The van der Waals surface area contributed by atoms with Crippen LogP contribution in [0.25, 0.3) is 0 Å². The van der Waals surface area contributed by atoms with E-state index >= 15 is 0 Å². The van der Waals surface area contributed by atoms with Crippen LogP contribution in [-0.2, 0) is 6.54 Å². The number of amides is 2. The smallest absolute Gasteiger partial charge is 0.323 e. The Morgan fingerprint density at radius 1 is 1.32 bits per heavy atom. The van der Waals surface area contributed by atoms with Crippen molar-refractivity contribution in [1.82, 2.24) is 25.1 Å². The molecule has 1 atom stereocenters. The zero-order valence-corrected chi connectivity index (χ0v) is 14.9. The lowest BCUT2D eigenvalue weighted by atomic mass is 10.2. The van der Waals surface area contributed by atoms with E-state index in [9.17, 15) is 14.4 Å². The third-order valence-corrected chi connectivity index (χ3v) is 4.47. The summed E-state index contributed by atoms with van der Waals surface area (Å²) in [4.78, 5) is 17.8. The summed E-state index contributed by atoms with van der Waals surface area (Å²) < 4.78 is 14.9. The Balaban J connectivity index is 1.52. The van der Waals surface area contributed by atoms with E-state index in [0.717, 1.165) is 10.6 Å². The van der Waals surface area contributed by atoms with Gasteiger partial charge in [0.25, 0.3) is 0 Å². The van der Waals surface area contributed by atoms with Crippen LogP contribution in [0.4, 0.5) is 9.18 Å². The Bertz CT molecular complexity index is 956. The van der Waals surface area contributed by atoms with E-state index in [1.807, 2.05) is 0 Å². The van der Waals surface area contributed by atoms with Crippen LogP contribution < -0.4 is 5.32 Å². The average Bonchev–Trinajstić information content (AvgIpc) is 3.24. The number of benzene rings is 1. The Labute approximate surface area is 160 Å². The first kappa shape index (κ1) is 18.1. The molecule has 1 unspecified atom stereocenters. The number of carbonyl (C=O) groups excluding carboxylic acids is 1. The molecule has 2 aliphatic heterocycles. The van der Waals surface area contributed by atoms with Gasteiger partial charge in [-0.2, -0.15) is 5.10 Å². The predicted octanol–water partition coefficient (Wildman–Crippen LogP) is 1.10. The lowest BCUT2D eigenvalue weighted by molar-refractivity contribution is 0.0214. The van der Waals surface area contributed by atoms with Crippen molar-refractivity contribution >= 4 is 11.9 Å². The van der Waals surface area contributed by atoms with Crippen LogP contribution in [0.3, 0.4) is 0 Å².